The lowest BCUT2D eigenvalue weighted by molar-refractivity contribution is -0.137. The quantitative estimate of drug-likeness (QED) is 0.488. The number of benzene rings is 2. The summed E-state index contributed by atoms with van der Waals surface area (Å²) in [5.41, 5.74) is 0.548. The predicted molar refractivity (Wildman–Crippen MR) is 107 cm³/mol. The number of hydrogen-bond donors (Lipinski definition) is 3. The number of alkyl halides is 3. The van der Waals surface area contributed by atoms with Crippen LogP contribution in [-0.2, 0) is 12.7 Å². The van der Waals surface area contributed by atoms with E-state index < -0.39 is 11.7 Å². The molecule has 3 aromatic rings. The van der Waals surface area contributed by atoms with E-state index in [0.29, 0.717) is 23.6 Å². The highest BCUT2D eigenvalue weighted by Crippen LogP contribution is 2.37. The zero-order chi connectivity index (χ0) is 21.7. The smallest absolute Gasteiger partial charge is 0.417 e. The second kappa shape index (κ2) is 9.23. The Bertz CT molecular complexity index is 1020. The Labute approximate surface area is 175 Å². The molecule has 1 aromatic heterocycles. The number of amides is 1. The monoisotopic (exact) mass is 438 g/mol. The molecule has 1 heterocycles. The van der Waals surface area contributed by atoms with Gasteiger partial charge in [0.1, 0.15) is 11.5 Å². The zero-order valence-electron chi connectivity index (χ0n) is 15.6. The molecular weight excluding hydrogens is 421 g/mol. The van der Waals surface area contributed by atoms with Gasteiger partial charge in [-0.1, -0.05) is 11.6 Å². The lowest BCUT2D eigenvalue weighted by Crippen LogP contribution is -2.26. The standard InChI is InChI=1S/C21H18ClF3N2O3/c22-18-7-3-14(11-17(18)21(23,24)25)19-8-6-16(30-19)12-27-15-4-1-13(2-5-15)20(29)26-9-10-28/h1-8,11,27-28H,9-10,12H2,(H,26,29). The van der Waals surface area contributed by atoms with E-state index in [1.165, 1.54) is 12.1 Å². The maximum Gasteiger partial charge on any atom is 0.417 e. The lowest BCUT2D eigenvalue weighted by Gasteiger charge is -2.10. The second-order valence-corrected chi connectivity index (χ2v) is 6.78. The van der Waals surface area contributed by atoms with E-state index >= 15 is 0 Å². The molecule has 30 heavy (non-hydrogen) atoms. The largest absolute Gasteiger partial charge is 0.459 e. The minimum absolute atomic E-state index is 0.135. The molecule has 0 aliphatic carbocycles. The Kier molecular flexibility index (Phi) is 6.69. The van der Waals surface area contributed by atoms with Crippen LogP contribution in [-0.4, -0.2) is 24.2 Å². The van der Waals surface area contributed by atoms with Gasteiger partial charge in [0.05, 0.1) is 23.7 Å². The number of aliphatic hydroxyl groups excluding tert-OH is 1. The van der Waals surface area contributed by atoms with Gasteiger partial charge in [-0.2, -0.15) is 13.2 Å². The SMILES string of the molecule is O=C(NCCO)c1ccc(NCc2ccc(-c3ccc(Cl)c(C(F)(F)F)c3)o2)cc1. The van der Waals surface area contributed by atoms with Crippen LogP contribution >= 0.6 is 11.6 Å². The maximum atomic E-state index is 13.0. The molecule has 3 N–H and O–H groups in total. The van der Waals surface area contributed by atoms with E-state index in [4.69, 9.17) is 21.1 Å². The third-order valence-electron chi connectivity index (χ3n) is 4.23. The van der Waals surface area contributed by atoms with Crippen molar-refractivity contribution in [3.8, 4) is 11.3 Å². The molecule has 5 nitrogen and oxygen atoms in total. The van der Waals surface area contributed by atoms with Gasteiger partial charge in [0, 0.05) is 23.4 Å². The number of nitrogens with one attached hydrogen (secondary N) is 2. The molecule has 0 fully saturated rings. The minimum Gasteiger partial charge on any atom is -0.459 e. The molecule has 0 bridgehead atoms. The summed E-state index contributed by atoms with van der Waals surface area (Å²) >= 11 is 5.65. The highest BCUT2D eigenvalue weighted by Gasteiger charge is 2.33. The van der Waals surface area contributed by atoms with Crippen molar-refractivity contribution in [2.75, 3.05) is 18.5 Å². The molecular formula is C21H18ClF3N2O3. The summed E-state index contributed by atoms with van der Waals surface area (Å²) < 4.78 is 44.8. The first-order valence-electron chi connectivity index (χ1n) is 8.97. The van der Waals surface area contributed by atoms with Gasteiger partial charge in [0.25, 0.3) is 5.91 Å². The average Bonchev–Trinajstić information content (AvgIpc) is 3.19. The molecule has 0 aliphatic rings. The summed E-state index contributed by atoms with van der Waals surface area (Å²) in [4.78, 5) is 11.8. The van der Waals surface area contributed by atoms with Crippen LogP contribution in [0.4, 0.5) is 18.9 Å². The summed E-state index contributed by atoms with van der Waals surface area (Å²) in [6.07, 6.45) is -4.55. The third kappa shape index (κ3) is 5.34. The van der Waals surface area contributed by atoms with E-state index in [1.54, 1.807) is 36.4 Å². The van der Waals surface area contributed by atoms with Gasteiger partial charge in [-0.15, -0.1) is 0 Å². The van der Waals surface area contributed by atoms with Gasteiger partial charge in [0.2, 0.25) is 0 Å². The number of carbonyl (C=O) groups excluding carboxylic acids is 1. The topological polar surface area (TPSA) is 74.5 Å². The van der Waals surface area contributed by atoms with Crippen molar-refractivity contribution in [2.24, 2.45) is 0 Å². The molecule has 1 amide bonds. The Morgan fingerprint density at radius 2 is 1.80 bits per heavy atom. The van der Waals surface area contributed by atoms with E-state index in [9.17, 15) is 18.0 Å². The molecule has 0 atom stereocenters. The number of furan rings is 1. The van der Waals surface area contributed by atoms with Crippen LogP contribution in [0.25, 0.3) is 11.3 Å². The zero-order valence-corrected chi connectivity index (χ0v) is 16.3. The molecule has 0 radical (unpaired) electrons. The van der Waals surface area contributed by atoms with Crippen molar-refractivity contribution in [1.82, 2.24) is 5.32 Å². The Morgan fingerprint density at radius 3 is 2.47 bits per heavy atom. The fourth-order valence-electron chi connectivity index (χ4n) is 2.72. The lowest BCUT2D eigenvalue weighted by atomic mass is 10.1. The van der Waals surface area contributed by atoms with E-state index in [0.717, 1.165) is 11.8 Å². The first kappa shape index (κ1) is 21.7. The molecule has 9 heteroatoms. The summed E-state index contributed by atoms with van der Waals surface area (Å²) in [7, 11) is 0. The van der Waals surface area contributed by atoms with Gasteiger partial charge in [-0.05, 0) is 54.6 Å². The molecule has 0 unspecified atom stereocenters. The van der Waals surface area contributed by atoms with Crippen LogP contribution in [0.5, 0.6) is 0 Å². The summed E-state index contributed by atoms with van der Waals surface area (Å²) in [6.45, 7) is 0.345. The normalized spacial score (nSPS) is 11.4. The van der Waals surface area contributed by atoms with Gasteiger partial charge < -0.3 is 20.2 Å². The maximum absolute atomic E-state index is 13.0. The third-order valence-corrected chi connectivity index (χ3v) is 4.56. The van der Waals surface area contributed by atoms with E-state index in [-0.39, 0.29) is 29.6 Å². The fraction of sp³-hybridized carbons (Fsp3) is 0.190. The molecule has 0 spiro atoms. The summed E-state index contributed by atoms with van der Waals surface area (Å²) in [6, 6.07) is 13.6. The predicted octanol–water partition coefficient (Wildman–Crippen LogP) is 4.95. The van der Waals surface area contributed by atoms with E-state index in [2.05, 4.69) is 10.6 Å². The molecule has 3 rings (SSSR count). The van der Waals surface area contributed by atoms with Crippen molar-refractivity contribution < 1.29 is 27.5 Å². The van der Waals surface area contributed by atoms with Gasteiger partial charge in [-0.25, -0.2) is 0 Å². The number of carbonyl (C=O) groups is 1. The van der Waals surface area contributed by atoms with Gasteiger partial charge in [-0.3, -0.25) is 4.79 Å². The Morgan fingerprint density at radius 1 is 1.07 bits per heavy atom. The van der Waals surface area contributed by atoms with Gasteiger partial charge >= 0.3 is 6.18 Å². The van der Waals surface area contributed by atoms with Crippen LogP contribution in [0, 0.1) is 0 Å². The first-order chi connectivity index (χ1) is 14.3. The second-order valence-electron chi connectivity index (χ2n) is 6.37. The molecule has 158 valence electrons. The molecule has 0 saturated heterocycles. The number of aliphatic hydroxyl groups is 1. The van der Waals surface area contributed by atoms with Crippen molar-refractivity contribution in [3.05, 3.63) is 76.5 Å². The fourth-order valence-corrected chi connectivity index (χ4v) is 2.95. The van der Waals surface area contributed by atoms with Crippen molar-refractivity contribution >= 4 is 23.2 Å². The van der Waals surface area contributed by atoms with E-state index in [1.807, 2.05) is 0 Å². The van der Waals surface area contributed by atoms with Crippen LogP contribution in [0.3, 0.4) is 0 Å². The highest BCUT2D eigenvalue weighted by molar-refractivity contribution is 6.31. The highest BCUT2D eigenvalue weighted by atomic mass is 35.5. The molecule has 0 saturated carbocycles. The summed E-state index contributed by atoms with van der Waals surface area (Å²) in [5, 5.41) is 14.0. The Hall–Kier alpha value is -2.97. The summed E-state index contributed by atoms with van der Waals surface area (Å²) in [5.74, 6) is 0.538. The minimum atomic E-state index is -4.55. The van der Waals surface area contributed by atoms with Crippen molar-refractivity contribution in [2.45, 2.75) is 12.7 Å². The number of rotatable bonds is 7. The van der Waals surface area contributed by atoms with Gasteiger partial charge in [0.15, 0.2) is 0 Å². The van der Waals surface area contributed by atoms with Crippen LogP contribution < -0.4 is 10.6 Å². The first-order valence-corrected chi connectivity index (χ1v) is 9.34. The number of halogens is 4. The van der Waals surface area contributed by atoms with Crippen molar-refractivity contribution in [1.29, 1.82) is 0 Å². The number of hydrogen-bond acceptors (Lipinski definition) is 4. The van der Waals surface area contributed by atoms with Crippen LogP contribution in [0.2, 0.25) is 5.02 Å². The van der Waals surface area contributed by atoms with Crippen molar-refractivity contribution in [3.63, 3.8) is 0 Å². The molecule has 0 aliphatic heterocycles. The average molecular weight is 439 g/mol. The number of anilines is 1. The van der Waals surface area contributed by atoms with Crippen LogP contribution in [0.1, 0.15) is 21.7 Å². The molecule has 2 aromatic carbocycles. The Balaban J connectivity index is 1.65. The van der Waals surface area contributed by atoms with Crippen LogP contribution in [0.15, 0.2) is 59.0 Å².